The van der Waals surface area contributed by atoms with Gasteiger partial charge in [0.1, 0.15) is 36.0 Å². The molecule has 1 saturated heterocycles. The minimum Gasteiger partial charge on any atom is -0.361 e. The van der Waals surface area contributed by atoms with Crippen molar-refractivity contribution in [2.45, 2.75) is 51.3 Å². The average molecular weight is 654 g/mol. The van der Waals surface area contributed by atoms with E-state index in [2.05, 4.69) is 62.9 Å². The van der Waals surface area contributed by atoms with Gasteiger partial charge in [-0.2, -0.15) is 0 Å². The first-order valence-electron chi connectivity index (χ1n) is 13.3. The second-order valence-corrected chi connectivity index (χ2v) is 18.0. The Kier molecular flexibility index (Phi) is 7.06. The Morgan fingerprint density at radius 3 is 2.72 bits per heavy atom. The third-order valence-electron chi connectivity index (χ3n) is 7.23. The summed E-state index contributed by atoms with van der Waals surface area (Å²) in [5, 5.41) is 1.01. The van der Waals surface area contributed by atoms with Crippen LogP contribution in [0.1, 0.15) is 24.7 Å². The van der Waals surface area contributed by atoms with Crippen molar-refractivity contribution in [3.8, 4) is 5.69 Å². The fraction of sp³-hybridized carbons (Fsp3) is 0.357. The van der Waals surface area contributed by atoms with Crippen LogP contribution in [0.4, 0.5) is 5.82 Å². The van der Waals surface area contributed by atoms with Crippen LogP contribution in [0.5, 0.6) is 0 Å². The molecule has 1 aliphatic rings. The third kappa shape index (κ3) is 5.02. The quantitative estimate of drug-likeness (QED) is 0.125. The van der Waals surface area contributed by atoms with E-state index in [-0.39, 0.29) is 11.7 Å². The summed E-state index contributed by atoms with van der Waals surface area (Å²) < 4.78 is 12.6. The summed E-state index contributed by atoms with van der Waals surface area (Å²) in [7, 11) is -1.16. The molecule has 0 spiro atoms. The van der Waals surface area contributed by atoms with Gasteiger partial charge in [0, 0.05) is 37.2 Å². The highest BCUT2D eigenvalue weighted by molar-refractivity contribution is 14.1. The topological polar surface area (TPSA) is 82.5 Å². The van der Waals surface area contributed by atoms with Crippen molar-refractivity contribution >= 4 is 53.2 Å². The highest BCUT2D eigenvalue weighted by atomic mass is 127. The minimum atomic E-state index is -1.16. The highest BCUT2D eigenvalue weighted by Gasteiger charge is 2.34. The van der Waals surface area contributed by atoms with Gasteiger partial charge < -0.3 is 14.2 Å². The molecule has 5 aromatic rings. The largest absolute Gasteiger partial charge is 0.361 e. The first-order chi connectivity index (χ1) is 18.8. The van der Waals surface area contributed by atoms with Crippen LogP contribution in [0.2, 0.25) is 25.7 Å². The van der Waals surface area contributed by atoms with Crippen LogP contribution >= 0.6 is 22.6 Å². The number of nitrogens with zero attached hydrogens (tertiary/aromatic N) is 7. The summed E-state index contributed by atoms with van der Waals surface area (Å²) in [6.45, 7) is 9.11. The molecular weight excluding hydrogens is 621 g/mol. The van der Waals surface area contributed by atoms with Crippen molar-refractivity contribution in [3.05, 3.63) is 81.1 Å². The van der Waals surface area contributed by atoms with Gasteiger partial charge in [0.2, 0.25) is 0 Å². The molecule has 0 N–H and O–H groups in total. The van der Waals surface area contributed by atoms with Crippen LogP contribution in [0.25, 0.3) is 22.4 Å². The number of ether oxygens (including phenoxy) is 1. The highest BCUT2D eigenvalue weighted by Crippen LogP contribution is 2.39. The number of anilines is 1. The summed E-state index contributed by atoms with van der Waals surface area (Å²) in [5.74, 6) is 1.60. The van der Waals surface area contributed by atoms with Crippen LogP contribution in [0.15, 0.2) is 66.0 Å². The summed E-state index contributed by atoms with van der Waals surface area (Å²) >= 11 is 2.37. The average Bonchev–Trinajstić information content (AvgIpc) is 3.66. The van der Waals surface area contributed by atoms with E-state index in [1.165, 1.54) is 0 Å². The Morgan fingerprint density at radius 2 is 1.92 bits per heavy atom. The normalized spacial score (nSPS) is 16.1. The molecule has 0 aliphatic carbocycles. The Labute approximate surface area is 241 Å². The van der Waals surface area contributed by atoms with E-state index in [9.17, 15) is 4.79 Å². The zero-order valence-electron chi connectivity index (χ0n) is 22.4. The lowest BCUT2D eigenvalue weighted by molar-refractivity contribution is 0.0898. The summed E-state index contributed by atoms with van der Waals surface area (Å²) in [6, 6.07) is 14.5. The summed E-state index contributed by atoms with van der Waals surface area (Å²) in [5.41, 5.74) is 2.19. The first kappa shape index (κ1) is 26.2. The van der Waals surface area contributed by atoms with Gasteiger partial charge in [-0.25, -0.2) is 24.3 Å². The number of hydrogen-bond acceptors (Lipinski definition) is 6. The second kappa shape index (κ2) is 10.5. The molecule has 9 nitrogen and oxygen atoms in total. The molecule has 1 fully saturated rings. The maximum atomic E-state index is 13.7. The van der Waals surface area contributed by atoms with Crippen molar-refractivity contribution in [1.29, 1.82) is 0 Å². The minimum absolute atomic E-state index is 0.108. The molecule has 39 heavy (non-hydrogen) atoms. The number of benzene rings is 1. The van der Waals surface area contributed by atoms with Crippen molar-refractivity contribution in [3.63, 3.8) is 0 Å². The SMILES string of the molecule is C[Si](C)(C)CCOCn1cc(I)c2c(N3CCCC3c3nc4cccn4c(=O)n3-c3ccccc3)ncnc21. The molecule has 0 amide bonds. The standard InChI is InChI=1S/C28H32IN7O2Si/c1-39(2,3)16-15-38-19-33-17-21(29)24-26(33)30-18-31-27(24)34-13-7-11-22(34)25-32-23-12-8-14-35(23)28(37)36(25)20-9-5-4-6-10-20/h4-6,8-10,12,14,17-18,22H,7,11,13,15-16,19H2,1-3H3. The van der Waals surface area contributed by atoms with E-state index in [4.69, 9.17) is 14.7 Å². The van der Waals surface area contributed by atoms with Gasteiger partial charge in [-0.05, 0) is 65.7 Å². The van der Waals surface area contributed by atoms with Gasteiger partial charge in [0.05, 0.1) is 17.1 Å². The number of fused-ring (bicyclic) bond motifs is 2. The molecule has 202 valence electrons. The van der Waals surface area contributed by atoms with E-state index in [1.54, 1.807) is 21.5 Å². The van der Waals surface area contributed by atoms with Gasteiger partial charge in [-0.3, -0.25) is 4.40 Å². The van der Waals surface area contributed by atoms with E-state index < -0.39 is 8.07 Å². The predicted molar refractivity (Wildman–Crippen MR) is 164 cm³/mol. The maximum absolute atomic E-state index is 13.7. The molecule has 0 bridgehead atoms. The summed E-state index contributed by atoms with van der Waals surface area (Å²) in [4.78, 5) is 30.4. The molecular formula is C28H32IN7O2Si. The van der Waals surface area contributed by atoms with Gasteiger partial charge in [-0.15, -0.1) is 0 Å². The zero-order valence-corrected chi connectivity index (χ0v) is 25.6. The monoisotopic (exact) mass is 653 g/mol. The van der Waals surface area contributed by atoms with Crippen LogP contribution in [0, 0.1) is 3.57 Å². The number of hydrogen-bond donors (Lipinski definition) is 0. The first-order valence-corrected chi connectivity index (χ1v) is 18.1. The smallest absolute Gasteiger partial charge is 0.339 e. The van der Waals surface area contributed by atoms with E-state index >= 15 is 0 Å². The molecule has 1 unspecified atom stereocenters. The van der Waals surface area contributed by atoms with Crippen molar-refractivity contribution in [2.75, 3.05) is 18.1 Å². The Bertz CT molecular complexity index is 1690. The number of aromatic nitrogens is 6. The van der Waals surface area contributed by atoms with E-state index in [1.807, 2.05) is 42.5 Å². The van der Waals surface area contributed by atoms with Crippen molar-refractivity contribution < 1.29 is 4.74 Å². The molecule has 1 aromatic carbocycles. The Balaban J connectivity index is 1.41. The van der Waals surface area contributed by atoms with E-state index in [0.717, 1.165) is 64.0 Å². The molecule has 0 saturated carbocycles. The van der Waals surface area contributed by atoms with Crippen molar-refractivity contribution in [2.24, 2.45) is 0 Å². The second-order valence-electron chi connectivity index (χ2n) is 11.2. The Hall–Kier alpha value is -3.03. The lowest BCUT2D eigenvalue weighted by Crippen LogP contribution is -2.34. The third-order valence-corrected chi connectivity index (χ3v) is 9.76. The predicted octanol–water partition coefficient (Wildman–Crippen LogP) is 5.49. The van der Waals surface area contributed by atoms with Gasteiger partial charge in [0.15, 0.2) is 0 Å². The van der Waals surface area contributed by atoms with Crippen molar-refractivity contribution in [1.82, 2.24) is 28.5 Å². The molecule has 1 aliphatic heterocycles. The van der Waals surface area contributed by atoms with Gasteiger partial charge in [-0.1, -0.05) is 37.8 Å². The van der Waals surface area contributed by atoms with Gasteiger partial charge >= 0.3 is 5.69 Å². The van der Waals surface area contributed by atoms with Gasteiger partial charge in [0.25, 0.3) is 0 Å². The lowest BCUT2D eigenvalue weighted by atomic mass is 10.2. The molecule has 5 heterocycles. The fourth-order valence-electron chi connectivity index (χ4n) is 5.25. The molecule has 4 aromatic heterocycles. The fourth-order valence-corrected chi connectivity index (χ4v) is 6.82. The Morgan fingerprint density at radius 1 is 1.10 bits per heavy atom. The lowest BCUT2D eigenvalue weighted by Gasteiger charge is -2.28. The van der Waals surface area contributed by atoms with Crippen LogP contribution in [-0.2, 0) is 11.5 Å². The number of rotatable bonds is 8. The number of halogens is 1. The summed E-state index contributed by atoms with van der Waals surface area (Å²) in [6.07, 6.45) is 7.34. The maximum Gasteiger partial charge on any atom is 0.339 e. The molecule has 0 radical (unpaired) electrons. The molecule has 1 atom stereocenters. The van der Waals surface area contributed by atoms with Crippen LogP contribution in [-0.4, -0.2) is 49.7 Å². The zero-order chi connectivity index (χ0) is 27.1. The van der Waals surface area contributed by atoms with Crippen LogP contribution in [0.3, 0.4) is 0 Å². The number of para-hydroxylation sites is 1. The van der Waals surface area contributed by atoms with E-state index in [0.29, 0.717) is 12.4 Å². The molecule has 6 rings (SSSR count). The van der Waals surface area contributed by atoms with Crippen LogP contribution < -0.4 is 10.6 Å². The molecule has 11 heteroatoms.